The van der Waals surface area contributed by atoms with Gasteiger partial charge in [0.2, 0.25) is 0 Å². The number of nitro benzene ring substituents is 1. The number of hydrogen-bond acceptors (Lipinski definition) is 6. The van der Waals surface area contributed by atoms with Crippen LogP contribution < -0.4 is 5.32 Å². The van der Waals surface area contributed by atoms with Crippen LogP contribution in [-0.2, 0) is 13.6 Å². The summed E-state index contributed by atoms with van der Waals surface area (Å²) in [7, 11) is -3.55. The average Bonchev–Trinajstić information content (AvgIpc) is 2.61. The van der Waals surface area contributed by atoms with Gasteiger partial charge in [-0.05, 0) is 43.7 Å². The van der Waals surface area contributed by atoms with Crippen molar-refractivity contribution in [2.45, 2.75) is 19.6 Å². The summed E-state index contributed by atoms with van der Waals surface area (Å²) < 4.78 is 24.3. The number of nitrogens with one attached hydrogen (secondary N) is 1. The van der Waals surface area contributed by atoms with Crippen molar-refractivity contribution < 1.29 is 18.5 Å². The lowest BCUT2D eigenvalue weighted by molar-refractivity contribution is -0.384. The van der Waals surface area contributed by atoms with Crippen LogP contribution in [0.2, 0.25) is 5.02 Å². The highest BCUT2D eigenvalue weighted by molar-refractivity contribution is 7.54. The van der Waals surface area contributed by atoms with E-state index in [9.17, 15) is 14.7 Å². The topological polar surface area (TPSA) is 90.7 Å². The Morgan fingerprint density at radius 2 is 1.62 bits per heavy atom. The van der Waals surface area contributed by atoms with Crippen molar-refractivity contribution in [2.75, 3.05) is 18.5 Å². The van der Waals surface area contributed by atoms with Crippen molar-refractivity contribution in [2.24, 2.45) is 0 Å². The van der Waals surface area contributed by atoms with Gasteiger partial charge < -0.3 is 14.4 Å². The van der Waals surface area contributed by atoms with Gasteiger partial charge in [0.15, 0.2) is 5.78 Å². The van der Waals surface area contributed by atoms with Crippen LogP contribution >= 0.6 is 19.2 Å². The molecule has 1 N–H and O–H groups in total. The van der Waals surface area contributed by atoms with Crippen LogP contribution in [0.25, 0.3) is 0 Å². The van der Waals surface area contributed by atoms with Gasteiger partial charge in [0.25, 0.3) is 5.69 Å². The van der Waals surface area contributed by atoms with Crippen LogP contribution in [0, 0.1) is 10.1 Å². The molecule has 7 nitrogen and oxygen atoms in total. The van der Waals surface area contributed by atoms with Crippen molar-refractivity contribution in [3.05, 3.63) is 69.2 Å². The molecule has 0 aliphatic carbocycles. The van der Waals surface area contributed by atoms with Gasteiger partial charge in [0.05, 0.1) is 18.1 Å². The zero-order valence-electron chi connectivity index (χ0n) is 14.4. The van der Waals surface area contributed by atoms with E-state index in [4.69, 9.17) is 20.6 Å². The second-order valence-electron chi connectivity index (χ2n) is 5.28. The molecule has 0 aliphatic heterocycles. The SMILES string of the molecule is CCOP(=O)(OCC)[C@@H](Nc1ccc([N+](=O)[O-])cc1)c1ccc(Cl)cc1. The van der Waals surface area contributed by atoms with Gasteiger partial charge in [0, 0.05) is 22.8 Å². The second kappa shape index (κ2) is 9.14. The summed E-state index contributed by atoms with van der Waals surface area (Å²) in [4.78, 5) is 10.3. The molecule has 2 aromatic rings. The van der Waals surface area contributed by atoms with Crippen LogP contribution in [0.5, 0.6) is 0 Å². The first-order valence-corrected chi connectivity index (χ1v) is 10.0. The zero-order valence-corrected chi connectivity index (χ0v) is 16.1. The molecule has 26 heavy (non-hydrogen) atoms. The first kappa shape index (κ1) is 20.4. The van der Waals surface area contributed by atoms with E-state index in [0.717, 1.165) is 0 Å². The molecule has 1 atom stereocenters. The number of nitrogens with zero attached hydrogens (tertiary/aromatic N) is 1. The lowest BCUT2D eigenvalue weighted by Crippen LogP contribution is -2.15. The number of rotatable bonds is 9. The number of non-ortho nitro benzene ring substituents is 1. The van der Waals surface area contributed by atoms with Crippen molar-refractivity contribution in [1.82, 2.24) is 0 Å². The number of halogens is 1. The van der Waals surface area contributed by atoms with Gasteiger partial charge in [-0.3, -0.25) is 14.7 Å². The predicted molar refractivity (Wildman–Crippen MR) is 102 cm³/mol. The fraction of sp³-hybridized carbons (Fsp3) is 0.294. The third kappa shape index (κ3) is 5.05. The Labute approximate surface area is 157 Å². The minimum Gasteiger partial charge on any atom is -0.368 e. The molecule has 0 aliphatic rings. The normalized spacial score (nSPS) is 12.6. The van der Waals surface area contributed by atoms with E-state index in [1.807, 2.05) is 0 Å². The molecule has 0 aromatic heterocycles. The van der Waals surface area contributed by atoms with E-state index in [2.05, 4.69) is 5.32 Å². The van der Waals surface area contributed by atoms with Gasteiger partial charge in [-0.2, -0.15) is 0 Å². The number of benzene rings is 2. The minimum absolute atomic E-state index is 0.0311. The third-order valence-electron chi connectivity index (χ3n) is 3.50. The van der Waals surface area contributed by atoms with E-state index < -0.39 is 18.3 Å². The first-order chi connectivity index (χ1) is 12.4. The van der Waals surface area contributed by atoms with Crippen molar-refractivity contribution in [3.8, 4) is 0 Å². The van der Waals surface area contributed by atoms with Gasteiger partial charge in [-0.25, -0.2) is 0 Å². The lowest BCUT2D eigenvalue weighted by Gasteiger charge is -2.28. The fourth-order valence-corrected chi connectivity index (χ4v) is 4.44. The molecule has 2 aromatic carbocycles. The molecular weight excluding hydrogens is 379 g/mol. The summed E-state index contributed by atoms with van der Waals surface area (Å²) in [5, 5.41) is 14.5. The quantitative estimate of drug-likeness (QED) is 0.334. The molecule has 0 heterocycles. The molecule has 0 radical (unpaired) electrons. The zero-order chi connectivity index (χ0) is 19.2. The Morgan fingerprint density at radius 1 is 1.08 bits per heavy atom. The van der Waals surface area contributed by atoms with E-state index in [1.165, 1.54) is 12.1 Å². The molecule has 0 saturated carbocycles. The highest BCUT2D eigenvalue weighted by Crippen LogP contribution is 2.60. The van der Waals surface area contributed by atoms with Gasteiger partial charge in [-0.1, -0.05) is 23.7 Å². The maximum Gasteiger partial charge on any atom is 0.357 e. The van der Waals surface area contributed by atoms with Crippen LogP contribution in [0.4, 0.5) is 11.4 Å². The van der Waals surface area contributed by atoms with Crippen LogP contribution in [0.3, 0.4) is 0 Å². The second-order valence-corrected chi connectivity index (χ2v) is 7.83. The Kier molecular flexibility index (Phi) is 7.17. The summed E-state index contributed by atoms with van der Waals surface area (Å²) in [6.45, 7) is 3.89. The molecule has 0 fully saturated rings. The van der Waals surface area contributed by atoms with Gasteiger partial charge >= 0.3 is 7.60 Å². The number of nitro groups is 1. The molecule has 0 amide bonds. The largest absolute Gasteiger partial charge is 0.368 e. The predicted octanol–water partition coefficient (Wildman–Crippen LogP) is 5.63. The summed E-state index contributed by atoms with van der Waals surface area (Å²) in [5.41, 5.74) is 1.18. The Balaban J connectivity index is 2.40. The third-order valence-corrected chi connectivity index (χ3v) is 6.05. The Morgan fingerprint density at radius 3 is 2.08 bits per heavy atom. The summed E-state index contributed by atoms with van der Waals surface area (Å²) in [6, 6.07) is 12.7. The van der Waals surface area contributed by atoms with E-state index in [-0.39, 0.29) is 18.9 Å². The molecule has 140 valence electrons. The Hall–Kier alpha value is -1.92. The van der Waals surface area contributed by atoms with E-state index >= 15 is 0 Å². The van der Waals surface area contributed by atoms with Crippen LogP contribution in [0.1, 0.15) is 25.2 Å². The van der Waals surface area contributed by atoms with E-state index in [1.54, 1.807) is 50.2 Å². The summed E-state index contributed by atoms with van der Waals surface area (Å²) >= 11 is 5.94. The smallest absolute Gasteiger partial charge is 0.357 e. The van der Waals surface area contributed by atoms with Gasteiger partial charge in [-0.15, -0.1) is 0 Å². The summed E-state index contributed by atoms with van der Waals surface area (Å²) in [5.74, 6) is -0.791. The van der Waals surface area contributed by atoms with Crippen molar-refractivity contribution in [3.63, 3.8) is 0 Å². The first-order valence-electron chi connectivity index (χ1n) is 8.05. The number of anilines is 1. The highest BCUT2D eigenvalue weighted by atomic mass is 35.5. The highest BCUT2D eigenvalue weighted by Gasteiger charge is 2.37. The molecule has 0 spiro atoms. The molecular formula is C17H20ClN2O5P. The monoisotopic (exact) mass is 398 g/mol. The minimum atomic E-state index is -3.55. The standard InChI is InChI=1S/C17H20ClN2O5P/c1-3-24-26(23,25-4-2)17(13-5-7-14(18)8-6-13)19-15-9-11-16(12-10-15)20(21)22/h5-12,17,19H,3-4H2,1-2H3/t17-/m1/s1. The maximum atomic E-state index is 13.3. The molecule has 0 saturated heterocycles. The molecule has 0 bridgehead atoms. The molecule has 2 rings (SSSR count). The van der Waals surface area contributed by atoms with E-state index in [0.29, 0.717) is 16.3 Å². The van der Waals surface area contributed by atoms with Crippen molar-refractivity contribution >= 4 is 30.6 Å². The average molecular weight is 399 g/mol. The fourth-order valence-electron chi connectivity index (χ4n) is 2.37. The van der Waals surface area contributed by atoms with Crippen LogP contribution in [-0.4, -0.2) is 18.1 Å². The Bertz CT molecular complexity index is 773. The number of hydrogen-bond donors (Lipinski definition) is 1. The molecule has 0 unspecified atom stereocenters. The van der Waals surface area contributed by atoms with Crippen molar-refractivity contribution in [1.29, 1.82) is 0 Å². The maximum absolute atomic E-state index is 13.3. The van der Waals surface area contributed by atoms with Gasteiger partial charge in [0.1, 0.15) is 0 Å². The summed E-state index contributed by atoms with van der Waals surface area (Å²) in [6.07, 6.45) is 0. The van der Waals surface area contributed by atoms with Crippen LogP contribution in [0.15, 0.2) is 48.5 Å². The molecule has 9 heteroatoms. The lowest BCUT2D eigenvalue weighted by atomic mass is 10.2.